The molecule has 1 fully saturated rings. The number of hydrogen-bond donors (Lipinski definition) is 2. The maximum absolute atomic E-state index is 12.5. The lowest BCUT2D eigenvalue weighted by Gasteiger charge is -2.32. The highest BCUT2D eigenvalue weighted by atomic mass is 16.5. The molecule has 27 heavy (non-hydrogen) atoms. The summed E-state index contributed by atoms with van der Waals surface area (Å²) in [7, 11) is 1.54. The van der Waals surface area contributed by atoms with Gasteiger partial charge in [-0.3, -0.25) is 14.4 Å². The molecule has 1 saturated heterocycles. The number of methoxy groups -OCH3 is 1. The standard InChI is InChI=1S/C19H25N3O5/c1-3-20-16(23)11-22-9-8-19(7-6-17(22)24)12-21-18(25)14-10-13(26-2)4-5-15(14)27-19/h4-5,10H,3,6-9,11-12H2,1-2H3,(H,20,23)(H,21,25). The Hall–Kier alpha value is -2.77. The molecule has 1 aromatic carbocycles. The number of nitrogens with zero attached hydrogens (tertiary/aromatic N) is 1. The molecule has 0 saturated carbocycles. The van der Waals surface area contributed by atoms with Gasteiger partial charge in [-0.2, -0.15) is 0 Å². The zero-order chi connectivity index (χ0) is 19.4. The van der Waals surface area contributed by atoms with Crippen molar-refractivity contribution in [2.45, 2.75) is 31.8 Å². The third kappa shape index (κ3) is 4.15. The molecule has 1 spiro atoms. The summed E-state index contributed by atoms with van der Waals surface area (Å²) < 4.78 is 11.5. The van der Waals surface area contributed by atoms with E-state index in [2.05, 4.69) is 10.6 Å². The van der Waals surface area contributed by atoms with Gasteiger partial charge < -0.3 is 25.0 Å². The monoisotopic (exact) mass is 375 g/mol. The van der Waals surface area contributed by atoms with E-state index in [-0.39, 0.29) is 30.7 Å². The average molecular weight is 375 g/mol. The number of fused-ring (bicyclic) bond motifs is 1. The third-order valence-electron chi connectivity index (χ3n) is 5.02. The SMILES string of the molecule is CCNC(=O)CN1CCC2(CCC1=O)CNC(=O)c1cc(OC)ccc1O2. The summed E-state index contributed by atoms with van der Waals surface area (Å²) in [6.45, 7) is 3.12. The van der Waals surface area contributed by atoms with Crippen LogP contribution in [0.3, 0.4) is 0 Å². The number of benzene rings is 1. The fraction of sp³-hybridized carbons (Fsp3) is 0.526. The molecule has 8 nitrogen and oxygen atoms in total. The second-order valence-electron chi connectivity index (χ2n) is 6.85. The van der Waals surface area contributed by atoms with Crippen molar-refractivity contribution in [3.8, 4) is 11.5 Å². The first-order valence-corrected chi connectivity index (χ1v) is 9.16. The molecule has 3 rings (SSSR count). The van der Waals surface area contributed by atoms with Gasteiger partial charge in [-0.25, -0.2) is 0 Å². The van der Waals surface area contributed by atoms with E-state index in [0.717, 1.165) is 0 Å². The Bertz CT molecular complexity index is 751. The zero-order valence-corrected chi connectivity index (χ0v) is 15.7. The molecule has 1 aromatic rings. The molecular formula is C19H25N3O5. The van der Waals surface area contributed by atoms with Crippen LogP contribution >= 0.6 is 0 Å². The van der Waals surface area contributed by atoms with Crippen LogP contribution in [0, 0.1) is 0 Å². The van der Waals surface area contributed by atoms with Gasteiger partial charge in [0.2, 0.25) is 11.8 Å². The summed E-state index contributed by atoms with van der Waals surface area (Å²) in [4.78, 5) is 38.3. The molecule has 3 amide bonds. The second-order valence-corrected chi connectivity index (χ2v) is 6.85. The molecule has 0 aromatic heterocycles. The summed E-state index contributed by atoms with van der Waals surface area (Å²) in [5.74, 6) is 0.583. The van der Waals surface area contributed by atoms with Crippen LogP contribution in [0.1, 0.15) is 36.5 Å². The molecule has 2 N–H and O–H groups in total. The minimum Gasteiger partial charge on any atom is -0.497 e. The van der Waals surface area contributed by atoms with E-state index in [0.29, 0.717) is 49.5 Å². The van der Waals surface area contributed by atoms with Crippen LogP contribution < -0.4 is 20.1 Å². The third-order valence-corrected chi connectivity index (χ3v) is 5.02. The van der Waals surface area contributed by atoms with Crippen LogP contribution in [-0.2, 0) is 9.59 Å². The fourth-order valence-corrected chi connectivity index (χ4v) is 3.46. The van der Waals surface area contributed by atoms with Gasteiger partial charge in [0.05, 0.1) is 25.8 Å². The Labute approximate surface area is 158 Å². The van der Waals surface area contributed by atoms with Gasteiger partial charge in [-0.15, -0.1) is 0 Å². The lowest BCUT2D eigenvalue weighted by Crippen LogP contribution is -2.46. The molecular weight excluding hydrogens is 350 g/mol. The van der Waals surface area contributed by atoms with Gasteiger partial charge >= 0.3 is 0 Å². The van der Waals surface area contributed by atoms with Crippen molar-refractivity contribution < 1.29 is 23.9 Å². The minimum absolute atomic E-state index is 0.0445. The number of hydrogen-bond acceptors (Lipinski definition) is 5. The first kappa shape index (κ1) is 19.0. The van der Waals surface area contributed by atoms with Crippen LogP contribution in [-0.4, -0.2) is 61.5 Å². The van der Waals surface area contributed by atoms with E-state index < -0.39 is 5.60 Å². The Morgan fingerprint density at radius 2 is 2.19 bits per heavy atom. The van der Waals surface area contributed by atoms with Crippen molar-refractivity contribution in [1.82, 2.24) is 15.5 Å². The summed E-state index contributed by atoms with van der Waals surface area (Å²) in [6, 6.07) is 5.11. The van der Waals surface area contributed by atoms with Crippen LogP contribution in [0.25, 0.3) is 0 Å². The highest BCUT2D eigenvalue weighted by Gasteiger charge is 2.40. The van der Waals surface area contributed by atoms with Crippen molar-refractivity contribution in [2.24, 2.45) is 0 Å². The van der Waals surface area contributed by atoms with Crippen molar-refractivity contribution in [3.63, 3.8) is 0 Å². The van der Waals surface area contributed by atoms with Gasteiger partial charge in [0, 0.05) is 25.9 Å². The molecule has 146 valence electrons. The number of carbonyl (C=O) groups is 3. The second kappa shape index (κ2) is 7.85. The number of likely N-dealkylation sites (N-methyl/N-ethyl adjacent to an activating group) is 1. The fourth-order valence-electron chi connectivity index (χ4n) is 3.46. The first-order valence-electron chi connectivity index (χ1n) is 9.16. The van der Waals surface area contributed by atoms with Gasteiger partial charge in [0.25, 0.3) is 5.91 Å². The molecule has 2 aliphatic heterocycles. The number of amides is 3. The van der Waals surface area contributed by atoms with Crippen LogP contribution in [0.15, 0.2) is 18.2 Å². The van der Waals surface area contributed by atoms with Crippen molar-refractivity contribution in [1.29, 1.82) is 0 Å². The number of likely N-dealkylation sites (tertiary alicyclic amines) is 1. The Balaban J connectivity index is 1.79. The van der Waals surface area contributed by atoms with Crippen molar-refractivity contribution in [3.05, 3.63) is 23.8 Å². The van der Waals surface area contributed by atoms with Crippen LogP contribution in [0.4, 0.5) is 0 Å². The van der Waals surface area contributed by atoms with E-state index >= 15 is 0 Å². The Kier molecular flexibility index (Phi) is 5.53. The van der Waals surface area contributed by atoms with E-state index in [1.807, 2.05) is 6.92 Å². The number of nitrogens with one attached hydrogen (secondary N) is 2. The molecule has 8 heteroatoms. The summed E-state index contributed by atoms with van der Waals surface area (Å²) in [6.07, 6.45) is 1.27. The number of carbonyl (C=O) groups excluding carboxylic acids is 3. The normalized spacial score (nSPS) is 22.2. The molecule has 2 heterocycles. The van der Waals surface area contributed by atoms with E-state index in [1.165, 1.54) is 0 Å². The predicted octanol–water partition coefficient (Wildman–Crippen LogP) is 0.705. The van der Waals surface area contributed by atoms with Gasteiger partial charge in [-0.1, -0.05) is 0 Å². The molecule has 0 bridgehead atoms. The first-order chi connectivity index (χ1) is 13.0. The quantitative estimate of drug-likeness (QED) is 0.808. The Morgan fingerprint density at radius 1 is 1.37 bits per heavy atom. The summed E-state index contributed by atoms with van der Waals surface area (Å²) in [5, 5.41) is 5.61. The van der Waals surface area contributed by atoms with Crippen LogP contribution in [0.5, 0.6) is 11.5 Å². The summed E-state index contributed by atoms with van der Waals surface area (Å²) in [5.41, 5.74) is -0.262. The lowest BCUT2D eigenvalue weighted by atomic mass is 9.94. The highest BCUT2D eigenvalue weighted by molar-refractivity contribution is 5.97. The smallest absolute Gasteiger partial charge is 0.255 e. The lowest BCUT2D eigenvalue weighted by molar-refractivity contribution is -0.135. The Morgan fingerprint density at radius 3 is 2.93 bits per heavy atom. The molecule has 2 aliphatic rings. The topological polar surface area (TPSA) is 97.0 Å². The van der Waals surface area contributed by atoms with E-state index in [9.17, 15) is 14.4 Å². The largest absolute Gasteiger partial charge is 0.497 e. The maximum atomic E-state index is 12.5. The van der Waals surface area contributed by atoms with Gasteiger partial charge in [0.15, 0.2) is 0 Å². The summed E-state index contributed by atoms with van der Waals surface area (Å²) >= 11 is 0. The molecule has 0 radical (unpaired) electrons. The van der Waals surface area contributed by atoms with Gasteiger partial charge in [0.1, 0.15) is 17.1 Å². The average Bonchev–Trinajstić information content (AvgIpc) is 2.90. The van der Waals surface area contributed by atoms with E-state index in [4.69, 9.17) is 9.47 Å². The zero-order valence-electron chi connectivity index (χ0n) is 15.7. The predicted molar refractivity (Wildman–Crippen MR) is 97.8 cm³/mol. The van der Waals surface area contributed by atoms with Crippen LogP contribution in [0.2, 0.25) is 0 Å². The highest BCUT2D eigenvalue weighted by Crippen LogP contribution is 2.34. The van der Waals surface area contributed by atoms with Crippen molar-refractivity contribution in [2.75, 3.05) is 33.3 Å². The van der Waals surface area contributed by atoms with E-state index in [1.54, 1.807) is 30.2 Å². The maximum Gasteiger partial charge on any atom is 0.255 e. The molecule has 1 atom stereocenters. The molecule has 1 unspecified atom stereocenters. The number of rotatable bonds is 4. The number of ether oxygens (including phenoxy) is 2. The molecule has 0 aliphatic carbocycles. The minimum atomic E-state index is -0.679. The van der Waals surface area contributed by atoms with Gasteiger partial charge in [-0.05, 0) is 31.5 Å². The van der Waals surface area contributed by atoms with Crippen molar-refractivity contribution >= 4 is 17.7 Å².